The molecule has 8 heteroatoms. The highest BCUT2D eigenvalue weighted by Crippen LogP contribution is 2.18. The molecule has 0 heterocycles. The second-order valence-electron chi connectivity index (χ2n) is 4.86. The fourth-order valence-corrected chi connectivity index (χ4v) is 2.69. The number of hydrogen-bond acceptors (Lipinski definition) is 5. The standard InChI is InChI=1S/C16H16BrNO5S/c1-24(20,21)18-15-5-3-2-4-14(15)16(19)23-11-10-22-13-8-6-12(17)7-9-13/h2-9,18H,10-11H2,1H3. The molecular formula is C16H16BrNO5S. The van der Waals surface area contributed by atoms with Gasteiger partial charge in [0.25, 0.3) is 0 Å². The predicted molar refractivity (Wildman–Crippen MR) is 94.8 cm³/mol. The van der Waals surface area contributed by atoms with Crippen molar-refractivity contribution in [3.05, 3.63) is 58.6 Å². The molecule has 0 fully saturated rings. The topological polar surface area (TPSA) is 81.7 Å². The van der Waals surface area contributed by atoms with Crippen molar-refractivity contribution in [2.75, 3.05) is 24.2 Å². The molecule has 0 aliphatic rings. The minimum atomic E-state index is -3.48. The van der Waals surface area contributed by atoms with Crippen molar-refractivity contribution >= 4 is 37.6 Å². The lowest BCUT2D eigenvalue weighted by atomic mass is 10.2. The van der Waals surface area contributed by atoms with Crippen LogP contribution in [0.4, 0.5) is 5.69 Å². The molecule has 128 valence electrons. The number of hydrogen-bond donors (Lipinski definition) is 1. The van der Waals surface area contributed by atoms with Crippen molar-refractivity contribution in [1.82, 2.24) is 0 Å². The molecule has 0 radical (unpaired) electrons. The van der Waals surface area contributed by atoms with E-state index in [4.69, 9.17) is 9.47 Å². The van der Waals surface area contributed by atoms with Crippen molar-refractivity contribution in [2.45, 2.75) is 0 Å². The highest BCUT2D eigenvalue weighted by molar-refractivity contribution is 9.10. The lowest BCUT2D eigenvalue weighted by molar-refractivity contribution is 0.0451. The lowest BCUT2D eigenvalue weighted by Gasteiger charge is -2.11. The van der Waals surface area contributed by atoms with Gasteiger partial charge in [-0.05, 0) is 36.4 Å². The molecular weight excluding hydrogens is 398 g/mol. The van der Waals surface area contributed by atoms with Gasteiger partial charge in [0.1, 0.15) is 19.0 Å². The van der Waals surface area contributed by atoms with Gasteiger partial charge in [0.05, 0.1) is 17.5 Å². The van der Waals surface area contributed by atoms with Crippen LogP contribution in [-0.2, 0) is 14.8 Å². The van der Waals surface area contributed by atoms with Gasteiger partial charge in [0.2, 0.25) is 10.0 Å². The Kier molecular flexibility index (Phi) is 6.22. The summed E-state index contributed by atoms with van der Waals surface area (Å²) in [6.45, 7) is 0.233. The molecule has 24 heavy (non-hydrogen) atoms. The summed E-state index contributed by atoms with van der Waals surface area (Å²) in [5, 5.41) is 0. The minimum Gasteiger partial charge on any atom is -0.490 e. The molecule has 2 rings (SSSR count). The smallest absolute Gasteiger partial charge is 0.340 e. The zero-order chi connectivity index (χ0) is 17.6. The van der Waals surface area contributed by atoms with Crippen LogP contribution < -0.4 is 9.46 Å². The lowest BCUT2D eigenvalue weighted by Crippen LogP contribution is -2.16. The van der Waals surface area contributed by atoms with Gasteiger partial charge in [-0.3, -0.25) is 4.72 Å². The van der Waals surface area contributed by atoms with Gasteiger partial charge < -0.3 is 9.47 Å². The molecule has 0 spiro atoms. The summed E-state index contributed by atoms with van der Waals surface area (Å²) >= 11 is 3.33. The minimum absolute atomic E-state index is 0.0438. The molecule has 1 N–H and O–H groups in total. The molecule has 0 aromatic heterocycles. The summed E-state index contributed by atoms with van der Waals surface area (Å²) in [7, 11) is -3.48. The first kappa shape index (κ1) is 18.3. The maximum Gasteiger partial charge on any atom is 0.340 e. The van der Waals surface area contributed by atoms with Gasteiger partial charge in [0.15, 0.2) is 0 Å². The molecule has 2 aromatic rings. The Morgan fingerprint density at radius 1 is 1.08 bits per heavy atom. The molecule has 6 nitrogen and oxygen atoms in total. The average molecular weight is 414 g/mol. The second-order valence-corrected chi connectivity index (χ2v) is 7.52. The number of anilines is 1. The number of sulfonamides is 1. The largest absolute Gasteiger partial charge is 0.490 e. The van der Waals surface area contributed by atoms with Crippen LogP contribution in [0.15, 0.2) is 53.0 Å². The predicted octanol–water partition coefficient (Wildman–Crippen LogP) is 3.06. The Labute approximate surface area is 149 Å². The number of nitrogens with one attached hydrogen (secondary N) is 1. The highest BCUT2D eigenvalue weighted by Gasteiger charge is 2.14. The SMILES string of the molecule is CS(=O)(=O)Nc1ccccc1C(=O)OCCOc1ccc(Br)cc1. The molecule has 0 aliphatic carbocycles. The van der Waals surface area contributed by atoms with E-state index in [1.807, 2.05) is 12.1 Å². The molecule has 0 aliphatic heterocycles. The van der Waals surface area contributed by atoms with E-state index in [-0.39, 0.29) is 24.5 Å². The number of carbonyl (C=O) groups is 1. The van der Waals surface area contributed by atoms with E-state index in [1.54, 1.807) is 24.3 Å². The van der Waals surface area contributed by atoms with Gasteiger partial charge >= 0.3 is 5.97 Å². The second kappa shape index (κ2) is 8.16. The Bertz CT molecular complexity index is 805. The van der Waals surface area contributed by atoms with Crippen molar-refractivity contribution in [1.29, 1.82) is 0 Å². The van der Waals surface area contributed by atoms with Crippen LogP contribution in [0.1, 0.15) is 10.4 Å². The number of rotatable bonds is 7. The van der Waals surface area contributed by atoms with Crippen LogP contribution >= 0.6 is 15.9 Å². The fraction of sp³-hybridized carbons (Fsp3) is 0.188. The van der Waals surface area contributed by atoms with Crippen molar-refractivity contribution in [3.63, 3.8) is 0 Å². The van der Waals surface area contributed by atoms with Gasteiger partial charge in [-0.25, -0.2) is 13.2 Å². The number of benzene rings is 2. The highest BCUT2D eigenvalue weighted by atomic mass is 79.9. The molecule has 0 saturated heterocycles. The summed E-state index contributed by atoms with van der Waals surface area (Å²) in [6, 6.07) is 13.5. The number of halogens is 1. The van der Waals surface area contributed by atoms with Crippen LogP contribution in [0.3, 0.4) is 0 Å². The first-order valence-corrected chi connectivity index (χ1v) is 9.66. The molecule has 0 atom stereocenters. The average Bonchev–Trinajstić information content (AvgIpc) is 2.52. The Morgan fingerprint density at radius 3 is 2.42 bits per heavy atom. The summed E-state index contributed by atoms with van der Waals surface area (Å²) in [4.78, 5) is 12.1. The summed E-state index contributed by atoms with van der Waals surface area (Å²) in [5.74, 6) is 0.0366. The van der Waals surface area contributed by atoms with Gasteiger partial charge in [-0.1, -0.05) is 28.1 Å². The van der Waals surface area contributed by atoms with E-state index in [0.29, 0.717) is 5.75 Å². The van der Waals surface area contributed by atoms with Gasteiger partial charge in [0, 0.05) is 4.47 Å². The van der Waals surface area contributed by atoms with Crippen LogP contribution in [0.5, 0.6) is 5.75 Å². The maximum atomic E-state index is 12.1. The quantitative estimate of drug-likeness (QED) is 0.557. The van der Waals surface area contributed by atoms with Gasteiger partial charge in [-0.15, -0.1) is 0 Å². The third-order valence-corrected chi connectivity index (χ3v) is 3.96. The third kappa shape index (κ3) is 5.86. The van der Waals surface area contributed by atoms with Crippen molar-refractivity contribution in [2.24, 2.45) is 0 Å². The number of para-hydroxylation sites is 1. The number of carbonyl (C=O) groups excluding carboxylic acids is 1. The van der Waals surface area contributed by atoms with E-state index >= 15 is 0 Å². The van der Waals surface area contributed by atoms with Crippen molar-refractivity contribution < 1.29 is 22.7 Å². The van der Waals surface area contributed by atoms with E-state index < -0.39 is 16.0 Å². The summed E-state index contributed by atoms with van der Waals surface area (Å²) in [6.07, 6.45) is 1.02. The zero-order valence-corrected chi connectivity index (χ0v) is 15.3. The Balaban J connectivity index is 1.90. The van der Waals surface area contributed by atoms with E-state index in [9.17, 15) is 13.2 Å². The van der Waals surface area contributed by atoms with Gasteiger partial charge in [-0.2, -0.15) is 0 Å². The summed E-state index contributed by atoms with van der Waals surface area (Å²) < 4.78 is 36.5. The Hall–Kier alpha value is -2.06. The van der Waals surface area contributed by atoms with Crippen LogP contribution in [0, 0.1) is 0 Å². The normalized spacial score (nSPS) is 10.9. The number of ether oxygens (including phenoxy) is 2. The fourth-order valence-electron chi connectivity index (χ4n) is 1.85. The monoisotopic (exact) mass is 413 g/mol. The van der Waals surface area contributed by atoms with Crippen LogP contribution in [0.2, 0.25) is 0 Å². The third-order valence-electron chi connectivity index (χ3n) is 2.84. The van der Waals surface area contributed by atoms with Crippen LogP contribution in [-0.4, -0.2) is 33.9 Å². The number of esters is 1. The molecule has 0 bridgehead atoms. The van der Waals surface area contributed by atoms with Crippen LogP contribution in [0.25, 0.3) is 0 Å². The molecule has 0 saturated carbocycles. The van der Waals surface area contributed by atoms with Crippen molar-refractivity contribution in [3.8, 4) is 5.75 Å². The first-order chi connectivity index (χ1) is 11.3. The zero-order valence-electron chi connectivity index (χ0n) is 12.9. The van der Waals surface area contributed by atoms with E-state index in [0.717, 1.165) is 10.7 Å². The maximum absolute atomic E-state index is 12.1. The molecule has 0 amide bonds. The summed E-state index contributed by atoms with van der Waals surface area (Å²) in [5.41, 5.74) is 0.324. The molecule has 0 unspecified atom stereocenters. The van der Waals surface area contributed by atoms with E-state index in [2.05, 4.69) is 20.7 Å². The first-order valence-electron chi connectivity index (χ1n) is 6.97. The van der Waals surface area contributed by atoms with E-state index in [1.165, 1.54) is 12.1 Å². The Morgan fingerprint density at radius 2 is 1.75 bits per heavy atom. The molecule has 2 aromatic carbocycles.